The Bertz CT molecular complexity index is 192. The van der Waals surface area contributed by atoms with Crippen molar-refractivity contribution in [1.29, 1.82) is 0 Å². The third-order valence-corrected chi connectivity index (χ3v) is 4.15. The SMILES string of the molecule is CCCNC(CCC)CN1CCCCC1CCC. The monoisotopic (exact) mass is 254 g/mol. The number of piperidine rings is 1. The van der Waals surface area contributed by atoms with E-state index in [2.05, 4.69) is 31.0 Å². The van der Waals surface area contributed by atoms with Crippen LogP contribution in [-0.4, -0.2) is 36.6 Å². The fourth-order valence-corrected chi connectivity index (χ4v) is 3.20. The van der Waals surface area contributed by atoms with E-state index in [-0.39, 0.29) is 0 Å². The lowest BCUT2D eigenvalue weighted by molar-refractivity contribution is 0.123. The number of hydrogen-bond acceptors (Lipinski definition) is 2. The zero-order chi connectivity index (χ0) is 13.2. The van der Waals surface area contributed by atoms with Crippen LogP contribution in [-0.2, 0) is 0 Å². The maximum atomic E-state index is 3.74. The van der Waals surface area contributed by atoms with Crippen LogP contribution in [0.5, 0.6) is 0 Å². The molecular weight excluding hydrogens is 220 g/mol. The summed E-state index contributed by atoms with van der Waals surface area (Å²) in [7, 11) is 0. The van der Waals surface area contributed by atoms with Crippen LogP contribution in [0.4, 0.5) is 0 Å². The number of hydrogen-bond donors (Lipinski definition) is 1. The van der Waals surface area contributed by atoms with E-state index in [1.807, 2.05) is 0 Å². The molecule has 0 aromatic carbocycles. The number of rotatable bonds is 9. The van der Waals surface area contributed by atoms with Crippen LogP contribution in [0.3, 0.4) is 0 Å². The van der Waals surface area contributed by atoms with Crippen molar-refractivity contribution < 1.29 is 0 Å². The Kier molecular flexibility index (Phi) is 8.70. The summed E-state index contributed by atoms with van der Waals surface area (Å²) in [4.78, 5) is 2.77. The van der Waals surface area contributed by atoms with Crippen molar-refractivity contribution in [2.24, 2.45) is 0 Å². The van der Waals surface area contributed by atoms with E-state index in [4.69, 9.17) is 0 Å². The van der Waals surface area contributed by atoms with Gasteiger partial charge in [-0.25, -0.2) is 0 Å². The molecule has 0 aliphatic carbocycles. The van der Waals surface area contributed by atoms with Crippen molar-refractivity contribution in [3.8, 4) is 0 Å². The Morgan fingerprint density at radius 2 is 1.94 bits per heavy atom. The Balaban J connectivity index is 2.42. The Morgan fingerprint density at radius 1 is 1.11 bits per heavy atom. The molecule has 18 heavy (non-hydrogen) atoms. The van der Waals surface area contributed by atoms with Gasteiger partial charge in [0.1, 0.15) is 0 Å². The van der Waals surface area contributed by atoms with Crippen molar-refractivity contribution in [1.82, 2.24) is 10.2 Å². The van der Waals surface area contributed by atoms with Crippen molar-refractivity contribution in [2.45, 2.75) is 84.2 Å². The number of nitrogens with one attached hydrogen (secondary N) is 1. The van der Waals surface area contributed by atoms with Crippen LogP contribution >= 0.6 is 0 Å². The van der Waals surface area contributed by atoms with E-state index >= 15 is 0 Å². The molecule has 2 atom stereocenters. The molecule has 0 amide bonds. The van der Waals surface area contributed by atoms with Gasteiger partial charge in [-0.2, -0.15) is 0 Å². The molecule has 108 valence electrons. The minimum Gasteiger partial charge on any atom is -0.313 e. The minimum atomic E-state index is 0.715. The molecule has 0 bridgehead atoms. The van der Waals surface area contributed by atoms with Gasteiger partial charge in [-0.05, 0) is 45.2 Å². The molecule has 0 aromatic rings. The molecular formula is C16H34N2. The van der Waals surface area contributed by atoms with E-state index in [0.29, 0.717) is 6.04 Å². The fourth-order valence-electron chi connectivity index (χ4n) is 3.20. The summed E-state index contributed by atoms with van der Waals surface area (Å²) < 4.78 is 0. The van der Waals surface area contributed by atoms with Gasteiger partial charge in [0.2, 0.25) is 0 Å². The zero-order valence-electron chi connectivity index (χ0n) is 12.9. The van der Waals surface area contributed by atoms with Gasteiger partial charge in [0, 0.05) is 18.6 Å². The Hall–Kier alpha value is -0.0800. The number of nitrogens with zero attached hydrogens (tertiary/aromatic N) is 1. The van der Waals surface area contributed by atoms with Crippen LogP contribution in [0.15, 0.2) is 0 Å². The van der Waals surface area contributed by atoms with Gasteiger partial charge in [0.15, 0.2) is 0 Å². The van der Waals surface area contributed by atoms with E-state index in [1.54, 1.807) is 0 Å². The maximum Gasteiger partial charge on any atom is 0.0195 e. The average Bonchev–Trinajstić information content (AvgIpc) is 2.39. The molecule has 1 N–H and O–H groups in total. The predicted octanol–water partition coefficient (Wildman–Crippen LogP) is 3.81. The van der Waals surface area contributed by atoms with Crippen LogP contribution in [0, 0.1) is 0 Å². The second-order valence-electron chi connectivity index (χ2n) is 5.87. The van der Waals surface area contributed by atoms with E-state index in [9.17, 15) is 0 Å². The van der Waals surface area contributed by atoms with Gasteiger partial charge in [-0.1, -0.05) is 40.0 Å². The lowest BCUT2D eigenvalue weighted by Gasteiger charge is -2.38. The lowest BCUT2D eigenvalue weighted by atomic mass is 9.97. The van der Waals surface area contributed by atoms with Crippen LogP contribution in [0.1, 0.15) is 72.1 Å². The molecule has 2 nitrogen and oxygen atoms in total. The molecule has 1 aliphatic rings. The summed E-state index contributed by atoms with van der Waals surface area (Å²) in [6, 6.07) is 1.58. The molecule has 1 saturated heterocycles. The number of likely N-dealkylation sites (tertiary alicyclic amines) is 1. The summed E-state index contributed by atoms with van der Waals surface area (Å²) >= 11 is 0. The van der Waals surface area contributed by atoms with E-state index in [1.165, 1.54) is 71.0 Å². The molecule has 1 fully saturated rings. The van der Waals surface area contributed by atoms with Crippen LogP contribution in [0.2, 0.25) is 0 Å². The Morgan fingerprint density at radius 3 is 2.61 bits per heavy atom. The summed E-state index contributed by atoms with van der Waals surface area (Å²) in [5.41, 5.74) is 0. The van der Waals surface area contributed by atoms with E-state index < -0.39 is 0 Å². The molecule has 2 unspecified atom stereocenters. The third-order valence-electron chi connectivity index (χ3n) is 4.15. The quantitative estimate of drug-likeness (QED) is 0.673. The first-order valence-electron chi connectivity index (χ1n) is 8.29. The molecule has 1 rings (SSSR count). The molecule has 1 heterocycles. The second-order valence-corrected chi connectivity index (χ2v) is 5.87. The molecule has 1 aliphatic heterocycles. The summed E-state index contributed by atoms with van der Waals surface area (Å²) in [5.74, 6) is 0. The van der Waals surface area contributed by atoms with Gasteiger partial charge >= 0.3 is 0 Å². The molecule has 2 heteroatoms. The van der Waals surface area contributed by atoms with E-state index in [0.717, 1.165) is 6.04 Å². The normalized spacial score (nSPS) is 23.2. The highest BCUT2D eigenvalue weighted by atomic mass is 15.2. The van der Waals surface area contributed by atoms with Crippen molar-refractivity contribution in [2.75, 3.05) is 19.6 Å². The first kappa shape index (κ1) is 16.0. The molecule has 0 saturated carbocycles. The zero-order valence-corrected chi connectivity index (χ0v) is 12.9. The van der Waals surface area contributed by atoms with Crippen molar-refractivity contribution in [3.05, 3.63) is 0 Å². The van der Waals surface area contributed by atoms with Crippen LogP contribution < -0.4 is 5.32 Å². The molecule has 0 radical (unpaired) electrons. The maximum absolute atomic E-state index is 3.74. The summed E-state index contributed by atoms with van der Waals surface area (Å²) in [5, 5.41) is 3.74. The fraction of sp³-hybridized carbons (Fsp3) is 1.00. The third kappa shape index (κ3) is 5.71. The average molecular weight is 254 g/mol. The van der Waals surface area contributed by atoms with Gasteiger partial charge in [0.05, 0.1) is 0 Å². The second kappa shape index (κ2) is 9.80. The smallest absolute Gasteiger partial charge is 0.0195 e. The van der Waals surface area contributed by atoms with Crippen LogP contribution in [0.25, 0.3) is 0 Å². The van der Waals surface area contributed by atoms with Gasteiger partial charge in [0.25, 0.3) is 0 Å². The topological polar surface area (TPSA) is 15.3 Å². The van der Waals surface area contributed by atoms with Crippen molar-refractivity contribution in [3.63, 3.8) is 0 Å². The van der Waals surface area contributed by atoms with Crippen molar-refractivity contribution >= 4 is 0 Å². The summed E-state index contributed by atoms with van der Waals surface area (Å²) in [6.07, 6.45) is 10.9. The van der Waals surface area contributed by atoms with Gasteiger partial charge in [-0.3, -0.25) is 4.90 Å². The van der Waals surface area contributed by atoms with Gasteiger partial charge in [-0.15, -0.1) is 0 Å². The minimum absolute atomic E-state index is 0.715. The highest BCUT2D eigenvalue weighted by molar-refractivity contribution is 4.81. The molecule has 0 spiro atoms. The molecule has 0 aromatic heterocycles. The highest BCUT2D eigenvalue weighted by Gasteiger charge is 2.23. The predicted molar refractivity (Wildman–Crippen MR) is 81.1 cm³/mol. The van der Waals surface area contributed by atoms with Gasteiger partial charge < -0.3 is 5.32 Å². The Labute approximate surface area is 115 Å². The largest absolute Gasteiger partial charge is 0.313 e. The first-order chi connectivity index (χ1) is 8.81. The standard InChI is InChI=1S/C16H34N2/c1-4-9-15(17-12-6-3)14-18-13-8-7-11-16(18)10-5-2/h15-17H,4-14H2,1-3H3. The first-order valence-corrected chi connectivity index (χ1v) is 8.29. The highest BCUT2D eigenvalue weighted by Crippen LogP contribution is 2.21. The lowest BCUT2D eigenvalue weighted by Crippen LogP contribution is -2.47. The summed E-state index contributed by atoms with van der Waals surface area (Å²) in [6.45, 7) is 10.7.